The maximum atomic E-state index is 12.5. The van der Waals surface area contributed by atoms with E-state index in [9.17, 15) is 9.90 Å². The maximum absolute atomic E-state index is 12.5. The molecule has 142 valence electrons. The van der Waals surface area contributed by atoms with E-state index >= 15 is 0 Å². The van der Waals surface area contributed by atoms with Crippen molar-refractivity contribution in [3.05, 3.63) is 64.8 Å². The first kappa shape index (κ1) is 17.8. The normalized spacial score (nSPS) is 12.5. The summed E-state index contributed by atoms with van der Waals surface area (Å²) in [6.45, 7) is 2.28. The number of nitrogens with one attached hydrogen (secondary N) is 2. The van der Waals surface area contributed by atoms with Crippen molar-refractivity contribution in [3.8, 4) is 22.8 Å². The number of phenolic OH excluding ortho intramolecular Hbond substituents is 1. The van der Waals surface area contributed by atoms with Gasteiger partial charge in [-0.2, -0.15) is 10.2 Å². The fourth-order valence-electron chi connectivity index (χ4n) is 3.35. The van der Waals surface area contributed by atoms with Crippen LogP contribution in [0.2, 0.25) is 0 Å². The smallest absolute Gasteiger partial charge is 0.289 e. The molecule has 3 N–H and O–H groups in total. The molecular weight excluding hydrogens is 356 g/mol. The van der Waals surface area contributed by atoms with Crippen LogP contribution in [0.5, 0.6) is 11.5 Å². The minimum Gasteiger partial charge on any atom is -0.504 e. The second kappa shape index (κ2) is 7.56. The molecule has 1 aliphatic carbocycles. The number of nitrogens with zero attached hydrogens (tertiary/aromatic N) is 2. The third-order valence-corrected chi connectivity index (χ3v) is 4.67. The van der Waals surface area contributed by atoms with Crippen LogP contribution >= 0.6 is 0 Å². The number of hydrogen-bond acceptors (Lipinski definition) is 5. The number of H-pyrrole nitrogens is 1. The summed E-state index contributed by atoms with van der Waals surface area (Å²) in [5.41, 5.74) is 7.70. The van der Waals surface area contributed by atoms with Crippen LogP contribution < -0.4 is 10.2 Å². The minimum absolute atomic E-state index is 0.0624. The largest absolute Gasteiger partial charge is 0.504 e. The monoisotopic (exact) mass is 376 g/mol. The molecule has 7 nitrogen and oxygen atoms in total. The van der Waals surface area contributed by atoms with Gasteiger partial charge in [0.05, 0.1) is 18.5 Å². The average Bonchev–Trinajstić information content (AvgIpc) is 3.15. The number of hydrogen-bond donors (Lipinski definition) is 3. The number of rotatable bonds is 5. The van der Waals surface area contributed by atoms with E-state index in [0.717, 1.165) is 29.7 Å². The first-order chi connectivity index (χ1) is 13.7. The van der Waals surface area contributed by atoms with Gasteiger partial charge in [-0.15, -0.1) is 0 Å². The van der Waals surface area contributed by atoms with Crippen molar-refractivity contribution >= 4 is 12.1 Å². The number of aromatic amines is 1. The summed E-state index contributed by atoms with van der Waals surface area (Å²) in [6.07, 6.45) is 3.13. The van der Waals surface area contributed by atoms with E-state index in [1.54, 1.807) is 12.1 Å². The maximum Gasteiger partial charge on any atom is 0.289 e. The van der Waals surface area contributed by atoms with E-state index in [0.29, 0.717) is 23.6 Å². The topological polar surface area (TPSA) is 99.6 Å². The van der Waals surface area contributed by atoms with Gasteiger partial charge in [0.15, 0.2) is 11.5 Å². The number of benzene rings is 2. The highest BCUT2D eigenvalue weighted by atomic mass is 16.5. The van der Waals surface area contributed by atoms with Gasteiger partial charge >= 0.3 is 0 Å². The van der Waals surface area contributed by atoms with Crippen molar-refractivity contribution in [2.75, 3.05) is 6.61 Å². The molecule has 0 saturated heterocycles. The molecule has 0 atom stereocenters. The lowest BCUT2D eigenvalue weighted by atomic mass is 9.89. The van der Waals surface area contributed by atoms with Gasteiger partial charge in [0.25, 0.3) is 5.91 Å². The summed E-state index contributed by atoms with van der Waals surface area (Å²) in [4.78, 5) is 12.5. The van der Waals surface area contributed by atoms with Crippen LogP contribution in [-0.2, 0) is 12.8 Å². The SMILES string of the molecule is CCOc1cc(/C=N/NC(=O)c2[nH]nc3c2CCc2ccccc2-3)ccc1O. The van der Waals surface area contributed by atoms with E-state index in [1.165, 1.54) is 17.8 Å². The zero-order chi connectivity index (χ0) is 19.5. The lowest BCUT2D eigenvalue weighted by molar-refractivity contribution is 0.0949. The number of carbonyl (C=O) groups is 1. The van der Waals surface area contributed by atoms with Gasteiger partial charge in [-0.1, -0.05) is 24.3 Å². The molecule has 0 aliphatic heterocycles. The molecule has 1 amide bonds. The van der Waals surface area contributed by atoms with Crippen LogP contribution in [0.15, 0.2) is 47.6 Å². The molecule has 0 radical (unpaired) electrons. The Morgan fingerprint density at radius 2 is 2.18 bits per heavy atom. The summed E-state index contributed by atoms with van der Waals surface area (Å²) in [5.74, 6) is 0.0969. The molecule has 0 saturated carbocycles. The lowest BCUT2D eigenvalue weighted by Crippen LogP contribution is -2.20. The van der Waals surface area contributed by atoms with Gasteiger partial charge in [0.2, 0.25) is 0 Å². The van der Waals surface area contributed by atoms with Crippen LogP contribution in [0.1, 0.15) is 34.1 Å². The fraction of sp³-hybridized carbons (Fsp3) is 0.190. The van der Waals surface area contributed by atoms with Crippen LogP contribution in [0, 0.1) is 0 Å². The average molecular weight is 376 g/mol. The Balaban J connectivity index is 1.49. The number of aromatic nitrogens is 2. The molecule has 0 fully saturated rings. The molecule has 0 unspecified atom stereocenters. The van der Waals surface area contributed by atoms with E-state index in [2.05, 4.69) is 26.8 Å². The van der Waals surface area contributed by atoms with Crippen molar-refractivity contribution in [1.82, 2.24) is 15.6 Å². The molecule has 0 bridgehead atoms. The van der Waals surface area contributed by atoms with Gasteiger partial charge in [-0.25, -0.2) is 5.43 Å². The first-order valence-corrected chi connectivity index (χ1v) is 9.12. The Bertz CT molecular complexity index is 1060. The van der Waals surface area contributed by atoms with Crippen LogP contribution in [0.4, 0.5) is 0 Å². The summed E-state index contributed by atoms with van der Waals surface area (Å²) < 4.78 is 5.34. The summed E-state index contributed by atoms with van der Waals surface area (Å²) >= 11 is 0. The van der Waals surface area contributed by atoms with Gasteiger partial charge < -0.3 is 9.84 Å². The zero-order valence-electron chi connectivity index (χ0n) is 15.4. The standard InChI is InChI=1S/C21H20N4O3/c1-2-28-18-11-13(7-10-17(18)26)12-22-25-21(27)20-16-9-8-14-5-3-4-6-15(14)19(16)23-24-20/h3-7,10-12,26H,2,8-9H2,1H3,(H,23,24)(H,25,27)/b22-12+. The number of amides is 1. The lowest BCUT2D eigenvalue weighted by Gasteiger charge is -2.15. The fourth-order valence-corrected chi connectivity index (χ4v) is 3.35. The number of carbonyl (C=O) groups excluding carboxylic acids is 1. The second-order valence-corrected chi connectivity index (χ2v) is 6.44. The number of aromatic hydroxyl groups is 1. The predicted molar refractivity (Wildman–Crippen MR) is 106 cm³/mol. The van der Waals surface area contributed by atoms with Crippen molar-refractivity contribution in [1.29, 1.82) is 0 Å². The highest BCUT2D eigenvalue weighted by Crippen LogP contribution is 2.33. The Hall–Kier alpha value is -3.61. The number of hydrazone groups is 1. The number of phenols is 1. The molecular formula is C21H20N4O3. The van der Waals surface area contributed by atoms with Crippen molar-refractivity contribution < 1.29 is 14.6 Å². The Labute approximate surface area is 162 Å². The van der Waals surface area contributed by atoms with Crippen LogP contribution in [0.3, 0.4) is 0 Å². The number of ether oxygens (including phenoxy) is 1. The summed E-state index contributed by atoms with van der Waals surface area (Å²) in [5, 5.41) is 20.9. The Morgan fingerprint density at radius 3 is 3.04 bits per heavy atom. The Morgan fingerprint density at radius 1 is 1.32 bits per heavy atom. The van der Waals surface area contributed by atoms with E-state index in [1.807, 2.05) is 25.1 Å². The molecule has 1 heterocycles. The zero-order valence-corrected chi connectivity index (χ0v) is 15.4. The highest BCUT2D eigenvalue weighted by molar-refractivity contribution is 5.96. The van der Waals surface area contributed by atoms with Crippen molar-refractivity contribution in [3.63, 3.8) is 0 Å². The van der Waals surface area contributed by atoms with Crippen LogP contribution in [-0.4, -0.2) is 34.0 Å². The van der Waals surface area contributed by atoms with Crippen LogP contribution in [0.25, 0.3) is 11.3 Å². The quantitative estimate of drug-likeness (QED) is 0.471. The number of fused-ring (bicyclic) bond motifs is 3. The minimum atomic E-state index is -0.340. The van der Waals surface area contributed by atoms with Gasteiger partial charge in [-0.3, -0.25) is 9.89 Å². The molecule has 28 heavy (non-hydrogen) atoms. The molecule has 2 aromatic carbocycles. The van der Waals surface area contributed by atoms with Crippen molar-refractivity contribution in [2.45, 2.75) is 19.8 Å². The highest BCUT2D eigenvalue weighted by Gasteiger charge is 2.24. The molecule has 0 spiro atoms. The number of aryl methyl sites for hydroxylation is 1. The van der Waals surface area contributed by atoms with Gasteiger partial charge in [0.1, 0.15) is 5.69 Å². The Kier molecular flexibility index (Phi) is 4.80. The molecule has 7 heteroatoms. The van der Waals surface area contributed by atoms with Gasteiger partial charge in [0, 0.05) is 11.1 Å². The van der Waals surface area contributed by atoms with E-state index in [-0.39, 0.29) is 11.7 Å². The molecule has 1 aliphatic rings. The predicted octanol–water partition coefficient (Wildman–Crippen LogP) is 3.04. The first-order valence-electron chi connectivity index (χ1n) is 9.12. The second-order valence-electron chi connectivity index (χ2n) is 6.44. The van der Waals surface area contributed by atoms with Gasteiger partial charge in [-0.05, 0) is 49.1 Å². The molecule has 4 rings (SSSR count). The van der Waals surface area contributed by atoms with E-state index in [4.69, 9.17) is 4.74 Å². The molecule has 3 aromatic rings. The summed E-state index contributed by atoms with van der Waals surface area (Å²) in [7, 11) is 0. The molecule has 1 aromatic heterocycles. The third kappa shape index (κ3) is 3.34. The summed E-state index contributed by atoms with van der Waals surface area (Å²) in [6, 6.07) is 13.0. The van der Waals surface area contributed by atoms with E-state index < -0.39 is 0 Å². The van der Waals surface area contributed by atoms with Crippen molar-refractivity contribution in [2.24, 2.45) is 5.10 Å². The third-order valence-electron chi connectivity index (χ3n) is 4.67.